The molecule has 1 aliphatic heterocycles. The number of likely N-dealkylation sites (tertiary alicyclic amines) is 1. The first-order chi connectivity index (χ1) is 9.01. The molecular weight excluding hydrogens is 246 g/mol. The molecule has 0 radical (unpaired) electrons. The molecule has 0 aliphatic carbocycles. The van der Waals surface area contributed by atoms with Crippen molar-refractivity contribution in [1.82, 2.24) is 4.90 Å². The largest absolute Gasteiger partial charge is 0.480 e. The molecule has 2 rings (SSSR count). The smallest absolute Gasteiger partial charge is 0.323 e. The lowest BCUT2D eigenvalue weighted by atomic mass is 9.86. The number of aliphatic carboxylic acids is 1. The highest BCUT2D eigenvalue weighted by Gasteiger charge is 2.42. The van der Waals surface area contributed by atoms with Crippen LogP contribution in [-0.2, 0) is 16.0 Å². The van der Waals surface area contributed by atoms with Crippen LogP contribution in [0.4, 0.5) is 0 Å². The third-order valence-corrected chi connectivity index (χ3v) is 3.37. The van der Waals surface area contributed by atoms with Crippen LogP contribution in [0.3, 0.4) is 0 Å². The Kier molecular flexibility index (Phi) is 3.85. The summed E-state index contributed by atoms with van der Waals surface area (Å²) >= 11 is 0. The van der Waals surface area contributed by atoms with Crippen LogP contribution in [0.2, 0.25) is 0 Å². The third kappa shape index (κ3) is 3.12. The van der Waals surface area contributed by atoms with Crippen LogP contribution in [0, 0.1) is 0 Å². The molecule has 5 heteroatoms. The van der Waals surface area contributed by atoms with Crippen molar-refractivity contribution in [2.45, 2.75) is 24.9 Å². The van der Waals surface area contributed by atoms with Crippen molar-refractivity contribution >= 4 is 11.9 Å². The molecule has 1 aliphatic rings. The van der Waals surface area contributed by atoms with Gasteiger partial charge in [-0.25, -0.2) is 0 Å². The van der Waals surface area contributed by atoms with Gasteiger partial charge in [-0.2, -0.15) is 0 Å². The summed E-state index contributed by atoms with van der Waals surface area (Å²) in [7, 11) is 0. The second kappa shape index (κ2) is 5.40. The number of piperidine rings is 1. The summed E-state index contributed by atoms with van der Waals surface area (Å²) in [5.41, 5.74) is -0.606. The Bertz CT molecular complexity index is 474. The normalized spacial score (nSPS) is 23.4. The molecule has 1 atom stereocenters. The topological polar surface area (TPSA) is 77.8 Å². The Morgan fingerprint density at radius 1 is 1.32 bits per heavy atom. The highest BCUT2D eigenvalue weighted by molar-refractivity contribution is 5.88. The van der Waals surface area contributed by atoms with Crippen molar-refractivity contribution in [2.24, 2.45) is 0 Å². The molecule has 19 heavy (non-hydrogen) atoms. The number of carbonyl (C=O) groups excluding carboxylic acids is 1. The first-order valence-electron chi connectivity index (χ1n) is 6.29. The quantitative estimate of drug-likeness (QED) is 0.837. The van der Waals surface area contributed by atoms with Gasteiger partial charge in [0.2, 0.25) is 0 Å². The Morgan fingerprint density at radius 3 is 2.63 bits per heavy atom. The van der Waals surface area contributed by atoms with Gasteiger partial charge in [0.1, 0.15) is 12.1 Å². The lowest BCUT2D eigenvalue weighted by Gasteiger charge is -2.37. The molecule has 102 valence electrons. The van der Waals surface area contributed by atoms with E-state index in [1.807, 2.05) is 30.3 Å². The highest BCUT2D eigenvalue weighted by atomic mass is 16.4. The number of hydrogen-bond acceptors (Lipinski definition) is 3. The van der Waals surface area contributed by atoms with Gasteiger partial charge in [0.15, 0.2) is 0 Å². The van der Waals surface area contributed by atoms with E-state index in [0.29, 0.717) is 19.4 Å². The number of carboxylic acid groups (broad SMARTS) is 1. The second-order valence-electron chi connectivity index (χ2n) is 4.92. The fourth-order valence-corrected chi connectivity index (χ4v) is 2.48. The fraction of sp³-hybridized carbons (Fsp3) is 0.429. The zero-order valence-corrected chi connectivity index (χ0v) is 10.6. The molecule has 0 bridgehead atoms. The number of carbonyl (C=O) groups is 2. The average molecular weight is 263 g/mol. The monoisotopic (exact) mass is 263 g/mol. The van der Waals surface area contributed by atoms with Gasteiger partial charge in [-0.05, 0) is 18.4 Å². The molecule has 1 amide bonds. The maximum absolute atomic E-state index is 12.2. The molecular formula is C14H17NO4. The Hall–Kier alpha value is -1.88. The molecule has 5 nitrogen and oxygen atoms in total. The van der Waals surface area contributed by atoms with E-state index in [2.05, 4.69) is 0 Å². The Morgan fingerprint density at radius 2 is 2.00 bits per heavy atom. The number of aliphatic hydroxyl groups is 1. The zero-order valence-electron chi connectivity index (χ0n) is 10.6. The summed E-state index contributed by atoms with van der Waals surface area (Å²) in [4.78, 5) is 24.1. The number of nitrogens with zero attached hydrogens (tertiary/aromatic N) is 1. The van der Waals surface area contributed by atoms with E-state index in [0.717, 1.165) is 5.56 Å². The molecule has 1 saturated heterocycles. The predicted molar refractivity (Wildman–Crippen MR) is 68.5 cm³/mol. The van der Waals surface area contributed by atoms with Gasteiger partial charge in [0.05, 0.1) is 0 Å². The molecule has 0 aromatic heterocycles. The molecule has 0 saturated carbocycles. The fourth-order valence-electron chi connectivity index (χ4n) is 2.48. The SMILES string of the molecule is O=C(O)CN1CCC[C@@](O)(Cc2ccccc2)C1=O. The summed E-state index contributed by atoms with van der Waals surface area (Å²) in [5.74, 6) is -1.54. The minimum Gasteiger partial charge on any atom is -0.480 e. The average Bonchev–Trinajstić information content (AvgIpc) is 2.36. The molecule has 0 unspecified atom stereocenters. The number of rotatable bonds is 4. The Balaban J connectivity index is 2.13. The molecule has 1 aromatic rings. The standard InChI is InChI=1S/C14H17NO4/c16-12(17)10-15-8-4-7-14(19,13(15)18)9-11-5-2-1-3-6-11/h1-3,5-6,19H,4,7-10H2,(H,16,17)/t14-/m1/s1. The summed E-state index contributed by atoms with van der Waals surface area (Å²) in [6, 6.07) is 9.26. The van der Waals surface area contributed by atoms with Crippen molar-refractivity contribution in [2.75, 3.05) is 13.1 Å². The molecule has 1 heterocycles. The van der Waals surface area contributed by atoms with E-state index in [-0.39, 0.29) is 13.0 Å². The first kappa shape index (κ1) is 13.5. The van der Waals surface area contributed by atoms with Gasteiger partial charge in [-0.1, -0.05) is 30.3 Å². The second-order valence-corrected chi connectivity index (χ2v) is 4.92. The van der Waals surface area contributed by atoms with Crippen molar-refractivity contribution < 1.29 is 19.8 Å². The van der Waals surface area contributed by atoms with Crippen molar-refractivity contribution in [3.63, 3.8) is 0 Å². The summed E-state index contributed by atoms with van der Waals surface area (Å²) in [6.45, 7) is 0.0398. The van der Waals surface area contributed by atoms with E-state index in [4.69, 9.17) is 5.11 Å². The van der Waals surface area contributed by atoms with Gasteiger partial charge < -0.3 is 15.1 Å². The number of benzene rings is 1. The lowest BCUT2D eigenvalue weighted by Crippen LogP contribution is -2.55. The summed E-state index contributed by atoms with van der Waals surface area (Å²) < 4.78 is 0. The van der Waals surface area contributed by atoms with E-state index >= 15 is 0 Å². The van der Waals surface area contributed by atoms with Gasteiger partial charge in [-0.15, -0.1) is 0 Å². The number of carboxylic acids is 1. The van der Waals surface area contributed by atoms with E-state index < -0.39 is 17.5 Å². The van der Waals surface area contributed by atoms with Gasteiger partial charge in [-0.3, -0.25) is 9.59 Å². The number of amides is 1. The minimum atomic E-state index is -1.48. The van der Waals surface area contributed by atoms with E-state index in [9.17, 15) is 14.7 Å². The van der Waals surface area contributed by atoms with Gasteiger partial charge in [0, 0.05) is 13.0 Å². The van der Waals surface area contributed by atoms with Crippen LogP contribution >= 0.6 is 0 Å². The lowest BCUT2D eigenvalue weighted by molar-refractivity contribution is -0.161. The highest BCUT2D eigenvalue weighted by Crippen LogP contribution is 2.26. The van der Waals surface area contributed by atoms with Gasteiger partial charge >= 0.3 is 5.97 Å². The predicted octanol–water partition coefficient (Wildman–Crippen LogP) is 0.667. The molecule has 0 spiro atoms. The van der Waals surface area contributed by atoms with Crippen molar-refractivity contribution in [3.8, 4) is 0 Å². The van der Waals surface area contributed by atoms with Crippen LogP contribution in [-0.4, -0.2) is 45.7 Å². The van der Waals surface area contributed by atoms with Crippen LogP contribution in [0.25, 0.3) is 0 Å². The molecule has 1 fully saturated rings. The summed E-state index contributed by atoms with van der Waals surface area (Å²) in [6.07, 6.45) is 1.21. The van der Waals surface area contributed by atoms with Crippen LogP contribution in [0.5, 0.6) is 0 Å². The van der Waals surface area contributed by atoms with E-state index in [1.54, 1.807) is 0 Å². The number of hydrogen-bond donors (Lipinski definition) is 2. The zero-order chi connectivity index (χ0) is 13.9. The molecule has 1 aromatic carbocycles. The van der Waals surface area contributed by atoms with Crippen molar-refractivity contribution in [1.29, 1.82) is 0 Å². The van der Waals surface area contributed by atoms with Crippen LogP contribution in [0.1, 0.15) is 18.4 Å². The van der Waals surface area contributed by atoms with Crippen LogP contribution < -0.4 is 0 Å². The van der Waals surface area contributed by atoms with Crippen molar-refractivity contribution in [3.05, 3.63) is 35.9 Å². The third-order valence-electron chi connectivity index (χ3n) is 3.37. The van der Waals surface area contributed by atoms with Gasteiger partial charge in [0.25, 0.3) is 5.91 Å². The maximum atomic E-state index is 12.2. The van der Waals surface area contributed by atoms with Crippen LogP contribution in [0.15, 0.2) is 30.3 Å². The summed E-state index contributed by atoms with van der Waals surface area (Å²) in [5, 5.41) is 19.3. The molecule has 2 N–H and O–H groups in total. The van der Waals surface area contributed by atoms with E-state index in [1.165, 1.54) is 4.90 Å². The maximum Gasteiger partial charge on any atom is 0.323 e. The Labute approximate surface area is 111 Å². The first-order valence-corrected chi connectivity index (χ1v) is 6.29. The minimum absolute atomic E-state index is 0.225.